The Bertz CT molecular complexity index is 749. The van der Waals surface area contributed by atoms with Crippen LogP contribution in [0.5, 0.6) is 0 Å². The highest BCUT2D eigenvalue weighted by Crippen LogP contribution is 2.16. The van der Waals surface area contributed by atoms with E-state index in [1.54, 1.807) is 12.1 Å². The Hall–Kier alpha value is -2.87. The van der Waals surface area contributed by atoms with Gasteiger partial charge in [-0.05, 0) is 42.2 Å². The van der Waals surface area contributed by atoms with Crippen molar-refractivity contribution in [1.29, 1.82) is 5.26 Å². The number of hydrogen-bond acceptors (Lipinski definition) is 3. The molecule has 0 aliphatic rings. The van der Waals surface area contributed by atoms with Gasteiger partial charge < -0.3 is 11.1 Å². The second-order valence-corrected chi connectivity index (χ2v) is 5.39. The summed E-state index contributed by atoms with van der Waals surface area (Å²) < 4.78 is 0. The molecule has 5 heteroatoms. The first kappa shape index (κ1) is 16.5. The molecule has 23 heavy (non-hydrogen) atoms. The maximum absolute atomic E-state index is 12.3. The molecule has 118 valence electrons. The number of unbranched alkanes of at least 4 members (excludes halogenated alkanes) is 2. The summed E-state index contributed by atoms with van der Waals surface area (Å²) in [7, 11) is 0. The first-order valence-corrected chi connectivity index (χ1v) is 7.58. The van der Waals surface area contributed by atoms with Crippen molar-refractivity contribution in [3.63, 3.8) is 0 Å². The van der Waals surface area contributed by atoms with Crippen molar-refractivity contribution < 1.29 is 9.59 Å². The molecule has 0 fully saturated rings. The lowest BCUT2D eigenvalue weighted by Crippen LogP contribution is -2.44. The maximum atomic E-state index is 12.3. The quantitative estimate of drug-likeness (QED) is 0.769. The summed E-state index contributed by atoms with van der Waals surface area (Å²) in [5.74, 6) is -0.879. The van der Waals surface area contributed by atoms with E-state index in [4.69, 9.17) is 11.0 Å². The van der Waals surface area contributed by atoms with Crippen LogP contribution in [0, 0.1) is 11.3 Å². The predicted octanol–water partition coefficient (Wildman–Crippen LogP) is 2.51. The highest BCUT2D eigenvalue weighted by molar-refractivity contribution is 6.00. The van der Waals surface area contributed by atoms with Crippen molar-refractivity contribution in [1.82, 2.24) is 5.32 Å². The van der Waals surface area contributed by atoms with Gasteiger partial charge in [-0.3, -0.25) is 9.59 Å². The van der Waals surface area contributed by atoms with Gasteiger partial charge in [0.1, 0.15) is 6.04 Å². The molecule has 0 heterocycles. The van der Waals surface area contributed by atoms with Gasteiger partial charge in [0, 0.05) is 12.0 Å². The number of fused-ring (bicyclic) bond motifs is 1. The maximum Gasteiger partial charge on any atom is 0.251 e. The Balaban J connectivity index is 2.04. The van der Waals surface area contributed by atoms with Crippen molar-refractivity contribution in [2.45, 2.75) is 31.7 Å². The third kappa shape index (κ3) is 4.55. The molecule has 0 aliphatic heterocycles. The SMILES string of the molecule is N#CCCCC[C@H](NC(=O)c1ccc2ccccc2c1)C(N)=O. The highest BCUT2D eigenvalue weighted by atomic mass is 16.2. The van der Waals surface area contributed by atoms with E-state index < -0.39 is 11.9 Å². The van der Waals surface area contributed by atoms with Crippen molar-refractivity contribution in [3.8, 4) is 6.07 Å². The van der Waals surface area contributed by atoms with Crippen molar-refractivity contribution in [2.24, 2.45) is 5.73 Å². The molecule has 0 unspecified atom stereocenters. The van der Waals surface area contributed by atoms with E-state index in [0.717, 1.165) is 10.8 Å². The number of nitrogens with two attached hydrogens (primary N) is 1. The van der Waals surface area contributed by atoms with E-state index in [1.807, 2.05) is 30.3 Å². The van der Waals surface area contributed by atoms with Crippen molar-refractivity contribution in [3.05, 3.63) is 48.0 Å². The minimum atomic E-state index is -0.715. The van der Waals surface area contributed by atoms with Crippen LogP contribution in [0.2, 0.25) is 0 Å². The lowest BCUT2D eigenvalue weighted by molar-refractivity contribution is -0.120. The molecular formula is C18H19N3O2. The van der Waals surface area contributed by atoms with Gasteiger partial charge in [0.25, 0.3) is 5.91 Å². The average Bonchev–Trinajstić information content (AvgIpc) is 2.56. The number of carbonyl (C=O) groups is 2. The minimum Gasteiger partial charge on any atom is -0.368 e. The Morgan fingerprint density at radius 3 is 2.57 bits per heavy atom. The van der Waals surface area contributed by atoms with Gasteiger partial charge in [-0.1, -0.05) is 30.3 Å². The number of carbonyl (C=O) groups excluding carboxylic acids is 2. The molecule has 2 aromatic carbocycles. The Kier molecular flexibility index (Phi) is 5.70. The first-order chi connectivity index (χ1) is 11.1. The van der Waals surface area contributed by atoms with Gasteiger partial charge >= 0.3 is 0 Å². The molecule has 1 atom stereocenters. The second-order valence-electron chi connectivity index (χ2n) is 5.39. The number of nitrogens with one attached hydrogen (secondary N) is 1. The van der Waals surface area contributed by atoms with Gasteiger partial charge in [-0.25, -0.2) is 0 Å². The van der Waals surface area contributed by atoms with E-state index in [0.29, 0.717) is 31.2 Å². The number of rotatable bonds is 7. The summed E-state index contributed by atoms with van der Waals surface area (Å²) in [6.45, 7) is 0. The Morgan fingerprint density at radius 2 is 1.87 bits per heavy atom. The largest absolute Gasteiger partial charge is 0.368 e. The highest BCUT2D eigenvalue weighted by Gasteiger charge is 2.18. The summed E-state index contributed by atoms with van der Waals surface area (Å²) in [6.07, 6.45) is 2.23. The topological polar surface area (TPSA) is 96.0 Å². The van der Waals surface area contributed by atoms with Crippen LogP contribution in [-0.4, -0.2) is 17.9 Å². The zero-order chi connectivity index (χ0) is 16.7. The third-order valence-corrected chi connectivity index (χ3v) is 3.69. The lowest BCUT2D eigenvalue weighted by Gasteiger charge is -2.15. The smallest absolute Gasteiger partial charge is 0.251 e. The predicted molar refractivity (Wildman–Crippen MR) is 88.5 cm³/mol. The fourth-order valence-electron chi connectivity index (χ4n) is 2.41. The monoisotopic (exact) mass is 309 g/mol. The van der Waals surface area contributed by atoms with E-state index in [9.17, 15) is 9.59 Å². The lowest BCUT2D eigenvalue weighted by atomic mass is 10.0. The molecule has 0 spiro atoms. The van der Waals surface area contributed by atoms with E-state index in [-0.39, 0.29) is 5.91 Å². The van der Waals surface area contributed by atoms with Gasteiger partial charge in [-0.15, -0.1) is 0 Å². The molecule has 0 saturated carbocycles. The van der Waals surface area contributed by atoms with Crippen LogP contribution in [0.25, 0.3) is 10.8 Å². The molecule has 2 rings (SSSR count). The van der Waals surface area contributed by atoms with Crippen LogP contribution in [0.3, 0.4) is 0 Å². The van der Waals surface area contributed by atoms with Crippen molar-refractivity contribution in [2.75, 3.05) is 0 Å². The van der Waals surface area contributed by atoms with Crippen LogP contribution >= 0.6 is 0 Å². The molecule has 5 nitrogen and oxygen atoms in total. The van der Waals surface area contributed by atoms with Gasteiger partial charge in [0.05, 0.1) is 6.07 Å². The number of benzene rings is 2. The average molecular weight is 309 g/mol. The van der Waals surface area contributed by atoms with Gasteiger partial charge in [0.15, 0.2) is 0 Å². The van der Waals surface area contributed by atoms with Crippen LogP contribution in [0.4, 0.5) is 0 Å². The minimum absolute atomic E-state index is 0.320. The molecule has 0 aliphatic carbocycles. The molecule has 2 aromatic rings. The number of primary amides is 1. The third-order valence-electron chi connectivity index (χ3n) is 3.69. The molecule has 0 aromatic heterocycles. The zero-order valence-corrected chi connectivity index (χ0v) is 12.8. The van der Waals surface area contributed by atoms with E-state index >= 15 is 0 Å². The standard InChI is InChI=1S/C18H19N3O2/c19-11-5-1-2-8-16(17(20)22)21-18(23)15-10-9-13-6-3-4-7-14(13)12-15/h3-4,6-7,9-10,12,16H,1-2,5,8H2,(H2,20,22)(H,21,23)/t16-/m0/s1. The number of nitrogens with zero attached hydrogens (tertiary/aromatic N) is 1. The number of hydrogen-bond donors (Lipinski definition) is 2. The molecule has 0 radical (unpaired) electrons. The van der Waals surface area contributed by atoms with Gasteiger partial charge in [-0.2, -0.15) is 5.26 Å². The van der Waals surface area contributed by atoms with E-state index in [1.165, 1.54) is 0 Å². The summed E-state index contributed by atoms with van der Waals surface area (Å²) >= 11 is 0. The number of amides is 2. The normalized spacial score (nSPS) is 11.6. The van der Waals surface area contributed by atoms with E-state index in [2.05, 4.69) is 11.4 Å². The van der Waals surface area contributed by atoms with Crippen LogP contribution in [-0.2, 0) is 4.79 Å². The number of nitriles is 1. The second kappa shape index (κ2) is 7.95. The van der Waals surface area contributed by atoms with Crippen LogP contribution in [0.1, 0.15) is 36.0 Å². The molecular weight excluding hydrogens is 290 g/mol. The summed E-state index contributed by atoms with van der Waals surface area (Å²) in [5, 5.41) is 13.2. The zero-order valence-electron chi connectivity index (χ0n) is 12.8. The van der Waals surface area contributed by atoms with Crippen LogP contribution < -0.4 is 11.1 Å². The first-order valence-electron chi connectivity index (χ1n) is 7.58. The molecule has 0 saturated heterocycles. The fraction of sp³-hybridized carbons (Fsp3) is 0.278. The fourth-order valence-corrected chi connectivity index (χ4v) is 2.41. The summed E-state index contributed by atoms with van der Waals surface area (Å²) in [4.78, 5) is 23.8. The van der Waals surface area contributed by atoms with Crippen molar-refractivity contribution >= 4 is 22.6 Å². The summed E-state index contributed by atoms with van der Waals surface area (Å²) in [6, 6.07) is 14.5. The Morgan fingerprint density at radius 1 is 1.13 bits per heavy atom. The molecule has 0 bridgehead atoms. The Labute approximate surface area is 135 Å². The summed E-state index contributed by atoms with van der Waals surface area (Å²) in [5.41, 5.74) is 5.84. The van der Waals surface area contributed by atoms with Gasteiger partial charge in [0.2, 0.25) is 5.91 Å². The molecule has 2 amide bonds. The molecule has 3 N–H and O–H groups in total. The van der Waals surface area contributed by atoms with Crippen LogP contribution in [0.15, 0.2) is 42.5 Å².